The van der Waals surface area contributed by atoms with Crippen LogP contribution in [0.3, 0.4) is 0 Å². The SMILES string of the molecule is COCCCNc1cc2c(cc1[N+](=O)[O-])NC(=O)CC2. The van der Waals surface area contributed by atoms with Gasteiger partial charge in [0.1, 0.15) is 5.69 Å². The van der Waals surface area contributed by atoms with Gasteiger partial charge in [0, 0.05) is 32.7 Å². The fraction of sp³-hybridized carbons (Fsp3) is 0.462. The maximum absolute atomic E-state index is 11.3. The molecule has 108 valence electrons. The number of anilines is 2. The van der Waals surface area contributed by atoms with Gasteiger partial charge in [-0.2, -0.15) is 0 Å². The van der Waals surface area contributed by atoms with E-state index in [4.69, 9.17) is 4.74 Å². The lowest BCUT2D eigenvalue weighted by Gasteiger charge is -2.18. The third kappa shape index (κ3) is 3.24. The Morgan fingerprint density at radius 1 is 1.45 bits per heavy atom. The van der Waals surface area contributed by atoms with Gasteiger partial charge in [-0.05, 0) is 24.5 Å². The summed E-state index contributed by atoms with van der Waals surface area (Å²) in [5.41, 5.74) is 1.92. The maximum atomic E-state index is 11.3. The molecule has 2 N–H and O–H groups in total. The Bertz CT molecular complexity index is 531. The molecule has 7 heteroatoms. The molecule has 20 heavy (non-hydrogen) atoms. The number of ether oxygens (including phenoxy) is 1. The number of hydrogen-bond acceptors (Lipinski definition) is 5. The third-order valence-electron chi connectivity index (χ3n) is 3.15. The Balaban J connectivity index is 2.21. The van der Waals surface area contributed by atoms with E-state index in [2.05, 4.69) is 10.6 Å². The number of fused-ring (bicyclic) bond motifs is 1. The van der Waals surface area contributed by atoms with E-state index in [1.807, 2.05) is 0 Å². The highest BCUT2D eigenvalue weighted by Gasteiger charge is 2.22. The molecule has 1 aliphatic heterocycles. The zero-order chi connectivity index (χ0) is 14.5. The molecule has 1 aromatic carbocycles. The highest BCUT2D eigenvalue weighted by Crippen LogP contribution is 2.34. The summed E-state index contributed by atoms with van der Waals surface area (Å²) in [6.07, 6.45) is 1.78. The van der Waals surface area contributed by atoms with Crippen molar-refractivity contribution in [2.45, 2.75) is 19.3 Å². The minimum atomic E-state index is -0.445. The van der Waals surface area contributed by atoms with Crippen molar-refractivity contribution in [1.29, 1.82) is 0 Å². The molecule has 0 saturated heterocycles. The normalized spacial score (nSPS) is 13.6. The lowest BCUT2D eigenvalue weighted by Crippen LogP contribution is -2.19. The molecule has 1 aliphatic rings. The second-order valence-electron chi connectivity index (χ2n) is 4.60. The molecule has 0 saturated carbocycles. The van der Waals surface area contributed by atoms with E-state index >= 15 is 0 Å². The van der Waals surface area contributed by atoms with Crippen LogP contribution < -0.4 is 10.6 Å². The van der Waals surface area contributed by atoms with Gasteiger partial charge in [-0.1, -0.05) is 0 Å². The number of nitrogens with one attached hydrogen (secondary N) is 2. The van der Waals surface area contributed by atoms with E-state index in [1.54, 1.807) is 13.2 Å². The first kappa shape index (κ1) is 14.3. The molecule has 1 heterocycles. The van der Waals surface area contributed by atoms with Crippen molar-refractivity contribution in [2.24, 2.45) is 0 Å². The molecule has 0 radical (unpaired) electrons. The second-order valence-corrected chi connectivity index (χ2v) is 4.60. The fourth-order valence-corrected chi connectivity index (χ4v) is 2.15. The standard InChI is InChI=1S/C13H17N3O4/c1-20-6-2-5-14-11-7-9-3-4-13(17)15-10(9)8-12(11)16(18)19/h7-8,14H,2-6H2,1H3,(H,15,17). The predicted molar refractivity (Wildman–Crippen MR) is 75.0 cm³/mol. The van der Waals surface area contributed by atoms with Crippen molar-refractivity contribution in [3.63, 3.8) is 0 Å². The van der Waals surface area contributed by atoms with Crippen LogP contribution in [0.4, 0.5) is 17.1 Å². The number of carbonyl (C=O) groups excluding carboxylic acids is 1. The average Bonchev–Trinajstić information content (AvgIpc) is 2.42. The van der Waals surface area contributed by atoms with Crippen LogP contribution in [-0.2, 0) is 16.0 Å². The largest absolute Gasteiger partial charge is 0.385 e. The van der Waals surface area contributed by atoms with Crippen LogP contribution in [-0.4, -0.2) is 31.1 Å². The number of aryl methyl sites for hydroxylation is 1. The van der Waals surface area contributed by atoms with E-state index in [0.29, 0.717) is 37.4 Å². The molecule has 7 nitrogen and oxygen atoms in total. The summed E-state index contributed by atoms with van der Waals surface area (Å²) in [5, 5.41) is 16.8. The van der Waals surface area contributed by atoms with Crippen molar-refractivity contribution < 1.29 is 14.5 Å². The summed E-state index contributed by atoms with van der Waals surface area (Å²) < 4.78 is 4.94. The zero-order valence-corrected chi connectivity index (χ0v) is 11.3. The van der Waals surface area contributed by atoms with Gasteiger partial charge in [0.15, 0.2) is 0 Å². The predicted octanol–water partition coefficient (Wildman–Crippen LogP) is 1.93. The quantitative estimate of drug-likeness (QED) is 0.471. The number of benzene rings is 1. The van der Waals surface area contributed by atoms with Crippen LogP contribution >= 0.6 is 0 Å². The van der Waals surface area contributed by atoms with Gasteiger partial charge in [-0.25, -0.2) is 0 Å². The molecule has 0 unspecified atom stereocenters. The van der Waals surface area contributed by atoms with E-state index in [0.717, 1.165) is 12.0 Å². The number of nitro groups is 1. The van der Waals surface area contributed by atoms with E-state index in [1.165, 1.54) is 6.07 Å². The first-order valence-corrected chi connectivity index (χ1v) is 6.46. The number of carbonyl (C=O) groups is 1. The molecule has 0 bridgehead atoms. The van der Waals surface area contributed by atoms with Gasteiger partial charge < -0.3 is 15.4 Å². The molecular formula is C13H17N3O4. The van der Waals surface area contributed by atoms with Crippen LogP contribution in [0, 0.1) is 10.1 Å². The Kier molecular flexibility index (Phi) is 4.52. The topological polar surface area (TPSA) is 93.5 Å². The summed E-state index contributed by atoms with van der Waals surface area (Å²) >= 11 is 0. The maximum Gasteiger partial charge on any atom is 0.294 e. The Labute approximate surface area is 116 Å². The lowest BCUT2D eigenvalue weighted by atomic mass is 10.0. The van der Waals surface area contributed by atoms with E-state index in [9.17, 15) is 14.9 Å². The summed E-state index contributed by atoms with van der Waals surface area (Å²) in [4.78, 5) is 22.0. The fourth-order valence-electron chi connectivity index (χ4n) is 2.15. The average molecular weight is 279 g/mol. The van der Waals surface area contributed by atoms with Crippen LogP contribution in [0.5, 0.6) is 0 Å². The van der Waals surface area contributed by atoms with Crippen molar-refractivity contribution >= 4 is 23.0 Å². The Morgan fingerprint density at radius 2 is 2.25 bits per heavy atom. The van der Waals surface area contributed by atoms with Gasteiger partial charge in [0.25, 0.3) is 5.69 Å². The van der Waals surface area contributed by atoms with Crippen LogP contribution in [0.2, 0.25) is 0 Å². The first-order chi connectivity index (χ1) is 9.61. The molecule has 2 rings (SSSR count). The number of rotatable bonds is 6. The summed E-state index contributed by atoms with van der Waals surface area (Å²) in [6.45, 7) is 1.20. The number of methoxy groups -OCH3 is 1. The molecule has 0 atom stereocenters. The van der Waals surface area contributed by atoms with Crippen molar-refractivity contribution in [3.8, 4) is 0 Å². The monoisotopic (exact) mass is 279 g/mol. The third-order valence-corrected chi connectivity index (χ3v) is 3.15. The lowest BCUT2D eigenvalue weighted by molar-refractivity contribution is -0.383. The van der Waals surface area contributed by atoms with Crippen molar-refractivity contribution in [3.05, 3.63) is 27.8 Å². The van der Waals surface area contributed by atoms with Crippen molar-refractivity contribution in [1.82, 2.24) is 0 Å². The number of nitro benzene ring substituents is 1. The van der Waals surface area contributed by atoms with E-state index < -0.39 is 4.92 Å². The molecule has 1 aromatic rings. The highest BCUT2D eigenvalue weighted by atomic mass is 16.6. The minimum Gasteiger partial charge on any atom is -0.385 e. The molecule has 0 spiro atoms. The smallest absolute Gasteiger partial charge is 0.294 e. The molecular weight excluding hydrogens is 262 g/mol. The summed E-state index contributed by atoms with van der Waals surface area (Å²) in [6, 6.07) is 3.17. The Morgan fingerprint density at radius 3 is 2.95 bits per heavy atom. The van der Waals surface area contributed by atoms with E-state index in [-0.39, 0.29) is 11.6 Å². The number of amides is 1. The summed E-state index contributed by atoms with van der Waals surface area (Å²) in [7, 11) is 1.62. The van der Waals surface area contributed by atoms with Gasteiger partial charge in [0.2, 0.25) is 5.91 Å². The van der Waals surface area contributed by atoms with Gasteiger partial charge in [-0.3, -0.25) is 14.9 Å². The highest BCUT2D eigenvalue weighted by molar-refractivity contribution is 5.95. The van der Waals surface area contributed by atoms with Crippen LogP contribution in [0.25, 0.3) is 0 Å². The van der Waals surface area contributed by atoms with Gasteiger partial charge >= 0.3 is 0 Å². The summed E-state index contributed by atoms with van der Waals surface area (Å²) in [5.74, 6) is -0.104. The van der Waals surface area contributed by atoms with Crippen LogP contribution in [0.15, 0.2) is 12.1 Å². The number of nitrogens with zero attached hydrogens (tertiary/aromatic N) is 1. The number of hydrogen-bond donors (Lipinski definition) is 2. The molecule has 0 aliphatic carbocycles. The van der Waals surface area contributed by atoms with Gasteiger partial charge in [0.05, 0.1) is 10.6 Å². The minimum absolute atomic E-state index is 0.0247. The van der Waals surface area contributed by atoms with Crippen LogP contribution in [0.1, 0.15) is 18.4 Å². The Hall–Kier alpha value is -2.15. The first-order valence-electron chi connectivity index (χ1n) is 6.46. The molecule has 0 fully saturated rings. The molecule has 0 aromatic heterocycles. The molecule has 1 amide bonds. The van der Waals surface area contributed by atoms with Crippen molar-refractivity contribution in [2.75, 3.05) is 30.9 Å². The van der Waals surface area contributed by atoms with Gasteiger partial charge in [-0.15, -0.1) is 0 Å². The second kappa shape index (κ2) is 6.33. The zero-order valence-electron chi connectivity index (χ0n) is 11.3.